The maximum absolute atomic E-state index is 12.2. The molecule has 1 atom stereocenters. The van der Waals surface area contributed by atoms with E-state index in [2.05, 4.69) is 0 Å². The highest BCUT2D eigenvalue weighted by Gasteiger charge is 2.38. The number of carbonyl (C=O) groups is 1. The molecule has 0 spiro atoms. The molecule has 0 heterocycles. The molecule has 0 aromatic heterocycles. The number of hydrogen-bond donors (Lipinski definition) is 1. The maximum Gasteiger partial charge on any atom is 0.406 e. The summed E-state index contributed by atoms with van der Waals surface area (Å²) in [7, 11) is 0. The number of nitrogens with zero attached hydrogens (tertiary/aromatic N) is 1. The van der Waals surface area contributed by atoms with Crippen LogP contribution in [0, 0.1) is 5.41 Å². The zero-order chi connectivity index (χ0) is 13.0. The fourth-order valence-corrected chi connectivity index (χ4v) is 1.31. The van der Waals surface area contributed by atoms with Crippen LogP contribution in [-0.4, -0.2) is 36.6 Å². The van der Waals surface area contributed by atoms with Gasteiger partial charge in [-0.1, -0.05) is 6.92 Å². The van der Waals surface area contributed by atoms with Crippen LogP contribution in [0.1, 0.15) is 27.2 Å². The van der Waals surface area contributed by atoms with Gasteiger partial charge in [0, 0.05) is 13.1 Å². The fraction of sp³-hybridized carbons (Fsp3) is 0.900. The van der Waals surface area contributed by atoms with Gasteiger partial charge in [-0.15, -0.1) is 0 Å². The predicted octanol–water partition coefficient (Wildman–Crippen LogP) is 1.77. The molecule has 0 aliphatic carbocycles. The van der Waals surface area contributed by atoms with Crippen molar-refractivity contribution < 1.29 is 18.0 Å². The minimum absolute atomic E-state index is 0.0356. The van der Waals surface area contributed by atoms with Crippen molar-refractivity contribution in [3.8, 4) is 0 Å². The largest absolute Gasteiger partial charge is 0.406 e. The molecule has 0 bridgehead atoms. The Morgan fingerprint density at radius 1 is 1.31 bits per heavy atom. The minimum atomic E-state index is -4.37. The average Bonchev–Trinajstić information content (AvgIpc) is 2.22. The first-order valence-electron chi connectivity index (χ1n) is 5.26. The van der Waals surface area contributed by atoms with Crippen molar-refractivity contribution in [3.63, 3.8) is 0 Å². The van der Waals surface area contributed by atoms with Gasteiger partial charge in [0.05, 0.1) is 5.41 Å². The Morgan fingerprint density at radius 3 is 2.06 bits per heavy atom. The number of halogens is 3. The van der Waals surface area contributed by atoms with Crippen molar-refractivity contribution in [1.29, 1.82) is 0 Å². The fourth-order valence-electron chi connectivity index (χ4n) is 1.31. The van der Waals surface area contributed by atoms with Crippen LogP contribution < -0.4 is 5.73 Å². The SMILES string of the molecule is CCN(CC(F)(F)F)C(=O)C(C)(CC)CN. The predicted molar refractivity (Wildman–Crippen MR) is 55.8 cm³/mol. The summed E-state index contributed by atoms with van der Waals surface area (Å²) in [4.78, 5) is 12.7. The highest BCUT2D eigenvalue weighted by molar-refractivity contribution is 5.82. The van der Waals surface area contributed by atoms with Crippen LogP contribution in [0.4, 0.5) is 13.2 Å². The lowest BCUT2D eigenvalue weighted by Crippen LogP contribution is -2.49. The maximum atomic E-state index is 12.2. The minimum Gasteiger partial charge on any atom is -0.333 e. The summed E-state index contributed by atoms with van der Waals surface area (Å²) < 4.78 is 36.7. The van der Waals surface area contributed by atoms with E-state index in [1.54, 1.807) is 13.8 Å². The van der Waals surface area contributed by atoms with E-state index in [9.17, 15) is 18.0 Å². The molecule has 0 aliphatic rings. The summed E-state index contributed by atoms with van der Waals surface area (Å²) in [6, 6.07) is 0. The van der Waals surface area contributed by atoms with Crippen molar-refractivity contribution in [2.24, 2.45) is 11.1 Å². The third kappa shape index (κ3) is 4.00. The van der Waals surface area contributed by atoms with Gasteiger partial charge >= 0.3 is 6.18 Å². The smallest absolute Gasteiger partial charge is 0.333 e. The van der Waals surface area contributed by atoms with Crippen molar-refractivity contribution in [1.82, 2.24) is 4.90 Å². The van der Waals surface area contributed by atoms with E-state index in [1.807, 2.05) is 0 Å². The standard InChI is InChI=1S/C10H19F3N2O/c1-4-9(3,6-14)8(16)15(5-2)7-10(11,12)13/h4-7,14H2,1-3H3. The van der Waals surface area contributed by atoms with Gasteiger partial charge < -0.3 is 10.6 Å². The van der Waals surface area contributed by atoms with Gasteiger partial charge in [-0.2, -0.15) is 13.2 Å². The highest BCUT2D eigenvalue weighted by atomic mass is 19.4. The average molecular weight is 240 g/mol. The van der Waals surface area contributed by atoms with Gasteiger partial charge in [0.15, 0.2) is 0 Å². The normalized spacial score (nSPS) is 15.7. The topological polar surface area (TPSA) is 46.3 Å². The molecule has 3 nitrogen and oxygen atoms in total. The quantitative estimate of drug-likeness (QED) is 0.796. The van der Waals surface area contributed by atoms with Crippen molar-refractivity contribution in [2.75, 3.05) is 19.6 Å². The van der Waals surface area contributed by atoms with Gasteiger partial charge in [0.1, 0.15) is 6.54 Å². The number of alkyl halides is 3. The number of carbonyl (C=O) groups excluding carboxylic acids is 1. The lowest BCUT2D eigenvalue weighted by molar-refractivity contribution is -0.166. The third-order valence-corrected chi connectivity index (χ3v) is 2.79. The molecule has 1 amide bonds. The number of nitrogens with two attached hydrogens (primary N) is 1. The first-order valence-corrected chi connectivity index (χ1v) is 5.26. The molecule has 0 aromatic rings. The van der Waals surface area contributed by atoms with Crippen LogP contribution >= 0.6 is 0 Å². The van der Waals surface area contributed by atoms with E-state index in [0.29, 0.717) is 6.42 Å². The van der Waals surface area contributed by atoms with Crippen LogP contribution in [0.25, 0.3) is 0 Å². The molecule has 2 N–H and O–H groups in total. The molecular formula is C10H19F3N2O. The van der Waals surface area contributed by atoms with Crippen LogP contribution in [0.15, 0.2) is 0 Å². The second-order valence-corrected chi connectivity index (χ2v) is 4.05. The molecule has 0 saturated heterocycles. The number of amides is 1. The summed E-state index contributed by atoms with van der Waals surface area (Å²) in [5.74, 6) is -0.530. The Morgan fingerprint density at radius 2 is 1.81 bits per heavy atom. The second-order valence-electron chi connectivity index (χ2n) is 4.05. The first-order chi connectivity index (χ1) is 7.20. The molecule has 0 rings (SSSR count). The van der Waals surface area contributed by atoms with Crippen molar-refractivity contribution in [3.05, 3.63) is 0 Å². The van der Waals surface area contributed by atoms with Gasteiger partial charge in [-0.3, -0.25) is 4.79 Å². The van der Waals surface area contributed by atoms with E-state index in [1.165, 1.54) is 6.92 Å². The number of rotatable bonds is 5. The summed E-state index contributed by atoms with van der Waals surface area (Å²) in [5, 5.41) is 0. The molecule has 16 heavy (non-hydrogen) atoms. The van der Waals surface area contributed by atoms with Crippen molar-refractivity contribution >= 4 is 5.91 Å². The zero-order valence-electron chi connectivity index (χ0n) is 9.90. The van der Waals surface area contributed by atoms with Crippen LogP contribution in [0.5, 0.6) is 0 Å². The summed E-state index contributed by atoms with van der Waals surface area (Å²) in [6.07, 6.45) is -3.94. The Hall–Kier alpha value is -0.780. The molecule has 0 fully saturated rings. The lowest BCUT2D eigenvalue weighted by Gasteiger charge is -2.32. The first kappa shape index (κ1) is 15.2. The number of hydrogen-bond acceptors (Lipinski definition) is 2. The van der Waals surface area contributed by atoms with E-state index < -0.39 is 24.0 Å². The van der Waals surface area contributed by atoms with E-state index in [0.717, 1.165) is 4.90 Å². The summed E-state index contributed by atoms with van der Waals surface area (Å²) in [6.45, 7) is 3.74. The van der Waals surface area contributed by atoms with Crippen molar-refractivity contribution in [2.45, 2.75) is 33.4 Å². The van der Waals surface area contributed by atoms with Crippen LogP contribution in [0.3, 0.4) is 0 Å². The lowest BCUT2D eigenvalue weighted by atomic mass is 9.86. The summed E-state index contributed by atoms with van der Waals surface area (Å²) >= 11 is 0. The Balaban J connectivity index is 4.78. The highest BCUT2D eigenvalue weighted by Crippen LogP contribution is 2.25. The Bertz CT molecular complexity index is 237. The van der Waals surface area contributed by atoms with E-state index in [-0.39, 0.29) is 13.1 Å². The zero-order valence-corrected chi connectivity index (χ0v) is 9.90. The molecule has 0 saturated carbocycles. The Labute approximate surface area is 93.8 Å². The molecule has 0 aliphatic heterocycles. The van der Waals surface area contributed by atoms with Gasteiger partial charge in [-0.05, 0) is 20.3 Å². The van der Waals surface area contributed by atoms with E-state index >= 15 is 0 Å². The van der Waals surface area contributed by atoms with Gasteiger partial charge in [-0.25, -0.2) is 0 Å². The van der Waals surface area contributed by atoms with Gasteiger partial charge in [0.2, 0.25) is 5.91 Å². The molecule has 1 unspecified atom stereocenters. The molecule has 96 valence electrons. The third-order valence-electron chi connectivity index (χ3n) is 2.79. The monoisotopic (exact) mass is 240 g/mol. The Kier molecular flexibility index (Phi) is 5.25. The molecule has 0 aromatic carbocycles. The van der Waals surface area contributed by atoms with E-state index in [4.69, 9.17) is 5.73 Å². The molecule has 0 radical (unpaired) electrons. The molecular weight excluding hydrogens is 221 g/mol. The van der Waals surface area contributed by atoms with Gasteiger partial charge in [0.25, 0.3) is 0 Å². The molecule has 6 heteroatoms. The second kappa shape index (κ2) is 5.52. The van der Waals surface area contributed by atoms with Crippen LogP contribution in [-0.2, 0) is 4.79 Å². The summed E-state index contributed by atoms with van der Waals surface area (Å²) in [5.41, 5.74) is 4.54. The van der Waals surface area contributed by atoms with Crippen LogP contribution in [0.2, 0.25) is 0 Å².